The largest absolute Gasteiger partial charge is 0.469 e. The molecule has 2 rings (SSSR count). The highest BCUT2D eigenvalue weighted by molar-refractivity contribution is 7.11. The maximum atomic E-state index is 5.30. The summed E-state index contributed by atoms with van der Waals surface area (Å²) >= 11 is 1.76. The predicted octanol–water partition coefficient (Wildman–Crippen LogP) is 3.25. The van der Waals surface area contributed by atoms with Gasteiger partial charge in [0.1, 0.15) is 5.76 Å². The molecule has 1 unspecified atom stereocenters. The van der Waals surface area contributed by atoms with Gasteiger partial charge in [-0.25, -0.2) is 4.98 Å². The molecule has 0 aliphatic carbocycles. The molecule has 1 N–H and O–H groups in total. The molecule has 2 aromatic heterocycles. The van der Waals surface area contributed by atoms with Gasteiger partial charge < -0.3 is 9.73 Å². The molecule has 4 heteroatoms. The number of rotatable bonds is 5. The maximum Gasteiger partial charge on any atom is 0.105 e. The first-order valence-electron chi connectivity index (χ1n) is 5.86. The van der Waals surface area contributed by atoms with Crippen LogP contribution in [-0.2, 0) is 6.42 Å². The first kappa shape index (κ1) is 12.3. The van der Waals surface area contributed by atoms with E-state index >= 15 is 0 Å². The molecule has 0 aliphatic heterocycles. The van der Waals surface area contributed by atoms with Gasteiger partial charge in [0.15, 0.2) is 0 Å². The molecule has 0 aliphatic rings. The number of aryl methyl sites for hydroxylation is 2. The van der Waals surface area contributed by atoms with Crippen LogP contribution in [0.15, 0.2) is 22.8 Å². The van der Waals surface area contributed by atoms with E-state index < -0.39 is 0 Å². The van der Waals surface area contributed by atoms with E-state index in [2.05, 4.69) is 31.1 Å². The summed E-state index contributed by atoms with van der Waals surface area (Å²) in [6, 6.07) is 4.23. The monoisotopic (exact) mass is 250 g/mol. The SMILES string of the molecule is Cc1nc(C(C)NCCc2ccco2)c(C)s1. The number of nitrogens with one attached hydrogen (secondary N) is 1. The lowest BCUT2D eigenvalue weighted by Gasteiger charge is -2.11. The Morgan fingerprint density at radius 1 is 1.47 bits per heavy atom. The summed E-state index contributed by atoms with van der Waals surface area (Å²) in [7, 11) is 0. The highest BCUT2D eigenvalue weighted by Crippen LogP contribution is 2.22. The van der Waals surface area contributed by atoms with Crippen molar-refractivity contribution in [2.45, 2.75) is 33.2 Å². The Hall–Kier alpha value is -1.13. The molecule has 0 radical (unpaired) electrons. The van der Waals surface area contributed by atoms with Gasteiger partial charge in [-0.05, 0) is 32.9 Å². The van der Waals surface area contributed by atoms with Crippen molar-refractivity contribution < 1.29 is 4.42 Å². The van der Waals surface area contributed by atoms with Crippen molar-refractivity contribution in [1.29, 1.82) is 0 Å². The molecule has 2 heterocycles. The molecule has 0 saturated heterocycles. The summed E-state index contributed by atoms with van der Waals surface area (Å²) in [5.41, 5.74) is 1.17. The molecule has 17 heavy (non-hydrogen) atoms. The van der Waals surface area contributed by atoms with Crippen LogP contribution in [0.1, 0.15) is 34.3 Å². The minimum atomic E-state index is 0.301. The Bertz CT molecular complexity index is 462. The van der Waals surface area contributed by atoms with Crippen LogP contribution < -0.4 is 5.32 Å². The van der Waals surface area contributed by atoms with Gasteiger partial charge in [-0.3, -0.25) is 0 Å². The molecule has 1 atom stereocenters. The van der Waals surface area contributed by atoms with Crippen molar-refractivity contribution >= 4 is 11.3 Å². The van der Waals surface area contributed by atoms with Crippen molar-refractivity contribution in [2.24, 2.45) is 0 Å². The van der Waals surface area contributed by atoms with Crippen molar-refractivity contribution in [2.75, 3.05) is 6.54 Å². The smallest absolute Gasteiger partial charge is 0.105 e. The first-order chi connectivity index (χ1) is 8.16. The minimum Gasteiger partial charge on any atom is -0.469 e. The van der Waals surface area contributed by atoms with E-state index in [0.29, 0.717) is 6.04 Å². The van der Waals surface area contributed by atoms with E-state index in [-0.39, 0.29) is 0 Å². The van der Waals surface area contributed by atoms with E-state index in [9.17, 15) is 0 Å². The summed E-state index contributed by atoms with van der Waals surface area (Å²) in [6.07, 6.45) is 2.63. The summed E-state index contributed by atoms with van der Waals surface area (Å²) in [6.45, 7) is 7.25. The van der Waals surface area contributed by atoms with Gasteiger partial charge in [0.2, 0.25) is 0 Å². The van der Waals surface area contributed by atoms with Crippen molar-refractivity contribution in [3.05, 3.63) is 39.7 Å². The summed E-state index contributed by atoms with van der Waals surface area (Å²) < 4.78 is 5.30. The van der Waals surface area contributed by atoms with E-state index in [1.807, 2.05) is 12.1 Å². The van der Waals surface area contributed by atoms with Crippen LogP contribution in [-0.4, -0.2) is 11.5 Å². The summed E-state index contributed by atoms with van der Waals surface area (Å²) in [5.74, 6) is 1.02. The molecule has 92 valence electrons. The Morgan fingerprint density at radius 2 is 2.29 bits per heavy atom. The molecular weight excluding hydrogens is 232 g/mol. The number of hydrogen-bond acceptors (Lipinski definition) is 4. The Kier molecular flexibility index (Phi) is 3.97. The lowest BCUT2D eigenvalue weighted by atomic mass is 10.2. The molecule has 0 amide bonds. The molecule has 0 fully saturated rings. The molecule has 0 saturated carbocycles. The fourth-order valence-electron chi connectivity index (χ4n) is 1.91. The average molecular weight is 250 g/mol. The molecule has 0 aromatic carbocycles. The van der Waals surface area contributed by atoms with E-state index in [4.69, 9.17) is 4.42 Å². The fraction of sp³-hybridized carbons (Fsp3) is 0.462. The molecule has 0 bridgehead atoms. The Morgan fingerprint density at radius 3 is 2.88 bits per heavy atom. The number of thiazole rings is 1. The fourth-order valence-corrected chi connectivity index (χ4v) is 2.82. The lowest BCUT2D eigenvalue weighted by molar-refractivity contribution is 0.483. The van der Waals surface area contributed by atoms with Crippen LogP contribution in [0.25, 0.3) is 0 Å². The minimum absolute atomic E-state index is 0.301. The molecule has 2 aromatic rings. The van der Waals surface area contributed by atoms with E-state index in [0.717, 1.165) is 23.7 Å². The van der Waals surface area contributed by atoms with Crippen LogP contribution in [0.2, 0.25) is 0 Å². The van der Waals surface area contributed by atoms with Crippen LogP contribution in [0, 0.1) is 13.8 Å². The lowest BCUT2D eigenvalue weighted by Crippen LogP contribution is -2.22. The third-order valence-corrected chi connectivity index (χ3v) is 3.65. The quantitative estimate of drug-likeness (QED) is 0.885. The zero-order valence-corrected chi connectivity index (χ0v) is 11.3. The zero-order valence-electron chi connectivity index (χ0n) is 10.5. The molecule has 3 nitrogen and oxygen atoms in total. The first-order valence-corrected chi connectivity index (χ1v) is 6.68. The number of hydrogen-bond donors (Lipinski definition) is 1. The van der Waals surface area contributed by atoms with Crippen molar-refractivity contribution in [1.82, 2.24) is 10.3 Å². The second-order valence-corrected chi connectivity index (χ2v) is 5.59. The van der Waals surface area contributed by atoms with Crippen LogP contribution in [0.3, 0.4) is 0 Å². The number of furan rings is 1. The predicted molar refractivity (Wildman–Crippen MR) is 70.4 cm³/mol. The molecular formula is C13H18N2OS. The normalized spacial score (nSPS) is 12.9. The second-order valence-electron chi connectivity index (χ2n) is 4.18. The van der Waals surface area contributed by atoms with Gasteiger partial charge >= 0.3 is 0 Å². The summed E-state index contributed by atoms with van der Waals surface area (Å²) in [4.78, 5) is 5.86. The zero-order chi connectivity index (χ0) is 12.3. The van der Waals surface area contributed by atoms with Gasteiger partial charge in [0.05, 0.1) is 17.0 Å². The average Bonchev–Trinajstić information content (AvgIpc) is 2.88. The Labute approximate surface area is 106 Å². The maximum absolute atomic E-state index is 5.30. The molecule has 0 spiro atoms. The number of nitrogens with zero attached hydrogens (tertiary/aromatic N) is 1. The van der Waals surface area contributed by atoms with Gasteiger partial charge in [-0.1, -0.05) is 0 Å². The standard InChI is InChI=1S/C13H18N2OS/c1-9(13-10(2)17-11(3)15-13)14-7-6-12-5-4-8-16-12/h4-5,8-9,14H,6-7H2,1-3H3. The number of aromatic nitrogens is 1. The van der Waals surface area contributed by atoms with E-state index in [1.54, 1.807) is 17.6 Å². The second kappa shape index (κ2) is 5.47. The third-order valence-electron chi connectivity index (χ3n) is 2.75. The van der Waals surface area contributed by atoms with E-state index in [1.165, 1.54) is 10.6 Å². The van der Waals surface area contributed by atoms with Gasteiger partial charge in [-0.15, -0.1) is 11.3 Å². The van der Waals surface area contributed by atoms with Crippen LogP contribution >= 0.6 is 11.3 Å². The van der Waals surface area contributed by atoms with Crippen LogP contribution in [0.5, 0.6) is 0 Å². The highest BCUT2D eigenvalue weighted by atomic mass is 32.1. The summed E-state index contributed by atoms with van der Waals surface area (Å²) in [5, 5.41) is 4.61. The van der Waals surface area contributed by atoms with Crippen LogP contribution in [0.4, 0.5) is 0 Å². The van der Waals surface area contributed by atoms with Gasteiger partial charge in [-0.2, -0.15) is 0 Å². The third kappa shape index (κ3) is 3.17. The Balaban J connectivity index is 1.85. The van der Waals surface area contributed by atoms with Gasteiger partial charge in [0.25, 0.3) is 0 Å². The van der Waals surface area contributed by atoms with Crippen molar-refractivity contribution in [3.63, 3.8) is 0 Å². The topological polar surface area (TPSA) is 38.1 Å². The highest BCUT2D eigenvalue weighted by Gasteiger charge is 2.12. The van der Waals surface area contributed by atoms with Gasteiger partial charge in [0, 0.05) is 23.9 Å². The van der Waals surface area contributed by atoms with Crippen molar-refractivity contribution in [3.8, 4) is 0 Å².